The van der Waals surface area contributed by atoms with Crippen LogP contribution in [0.2, 0.25) is 0 Å². The minimum Gasteiger partial charge on any atom is -0.497 e. The summed E-state index contributed by atoms with van der Waals surface area (Å²) in [5.41, 5.74) is 1.57. The van der Waals surface area contributed by atoms with Gasteiger partial charge in [0.15, 0.2) is 5.85 Å². The fourth-order valence-electron chi connectivity index (χ4n) is 4.63. The zero-order valence-electron chi connectivity index (χ0n) is 20.2. The first kappa shape index (κ1) is 24.8. The van der Waals surface area contributed by atoms with Gasteiger partial charge in [-0.2, -0.15) is 0 Å². The first-order chi connectivity index (χ1) is 15.2. The molecule has 0 unspecified atom stereocenters. The topological polar surface area (TPSA) is 59.0 Å². The van der Waals surface area contributed by atoms with Gasteiger partial charge in [-0.15, -0.1) is 0 Å². The number of aliphatic hydroxyl groups excluding tert-OH is 1. The number of hydrogen-bond donors (Lipinski definition) is 1. The molecule has 6 heteroatoms. The summed E-state index contributed by atoms with van der Waals surface area (Å²) < 4.78 is 26.4. The van der Waals surface area contributed by atoms with E-state index in [-0.39, 0.29) is 6.10 Å². The summed E-state index contributed by atoms with van der Waals surface area (Å²) in [5.74, 6) is 0.702. The van der Waals surface area contributed by atoms with E-state index in [9.17, 15) is 9.67 Å². The van der Waals surface area contributed by atoms with Gasteiger partial charge in [0.1, 0.15) is 5.75 Å². The predicted octanol–water partition coefficient (Wildman–Crippen LogP) is 5.83. The van der Waals surface area contributed by atoms with Crippen LogP contribution in [-0.2, 0) is 9.09 Å². The van der Waals surface area contributed by atoms with Gasteiger partial charge in [0.05, 0.1) is 13.2 Å². The highest BCUT2D eigenvalue weighted by Gasteiger charge is 2.42. The van der Waals surface area contributed by atoms with E-state index in [1.54, 1.807) is 31.4 Å². The molecule has 1 saturated carbocycles. The van der Waals surface area contributed by atoms with Gasteiger partial charge in [-0.25, -0.2) is 0 Å². The van der Waals surface area contributed by atoms with Crippen LogP contribution in [0.25, 0.3) is 0 Å². The molecule has 5 atom stereocenters. The van der Waals surface area contributed by atoms with E-state index in [0.717, 1.165) is 24.9 Å². The third-order valence-corrected chi connectivity index (χ3v) is 9.26. The first-order valence-electron chi connectivity index (χ1n) is 11.5. The van der Waals surface area contributed by atoms with Crippen molar-refractivity contribution in [2.45, 2.75) is 52.0 Å². The van der Waals surface area contributed by atoms with Gasteiger partial charge in [0, 0.05) is 25.1 Å². The third kappa shape index (κ3) is 5.39. The maximum Gasteiger partial charge on any atom is 0.264 e. The lowest BCUT2D eigenvalue weighted by atomic mass is 9.75. The molecule has 0 aliphatic heterocycles. The molecular formula is C26H38NO4P. The second kappa shape index (κ2) is 10.4. The van der Waals surface area contributed by atoms with Crippen molar-refractivity contribution < 1.29 is 18.9 Å². The van der Waals surface area contributed by atoms with Crippen LogP contribution in [0.4, 0.5) is 5.69 Å². The number of aliphatic hydroxyl groups is 1. The van der Waals surface area contributed by atoms with Crippen LogP contribution in [0.1, 0.15) is 51.4 Å². The van der Waals surface area contributed by atoms with Crippen LogP contribution in [0.3, 0.4) is 0 Å². The number of anilines is 1. The van der Waals surface area contributed by atoms with Crippen LogP contribution in [0, 0.1) is 17.8 Å². The molecular weight excluding hydrogens is 421 g/mol. The lowest BCUT2D eigenvalue weighted by Gasteiger charge is -2.40. The number of rotatable bonds is 8. The Hall–Kier alpha value is -1.81. The molecule has 3 rings (SSSR count). The highest BCUT2D eigenvalue weighted by molar-refractivity contribution is 7.67. The smallest absolute Gasteiger partial charge is 0.264 e. The van der Waals surface area contributed by atoms with E-state index in [4.69, 9.17) is 9.26 Å². The molecule has 1 N–H and O–H groups in total. The second-order valence-corrected chi connectivity index (χ2v) is 12.0. The Morgan fingerprint density at radius 1 is 1.03 bits per heavy atom. The number of benzene rings is 2. The Kier molecular flexibility index (Phi) is 8.08. The fraction of sp³-hybridized carbons (Fsp3) is 0.538. The van der Waals surface area contributed by atoms with Gasteiger partial charge in [-0.05, 0) is 72.6 Å². The summed E-state index contributed by atoms with van der Waals surface area (Å²) in [5, 5.41) is 12.0. The standard InChI is InChI=1S/C26H38NO4P/c1-18(2)24-16-7-19(3)17-25(24)31-32(29,23-14-10-21(11-15-23)27(4)5)26(28)20-8-12-22(30-6)13-9-20/h8-15,18-19,24-26,28H,7,16-17H2,1-6H3/t19-,24+,25-,26+,32+/m1/s1. The van der Waals surface area contributed by atoms with Crippen molar-refractivity contribution in [3.05, 3.63) is 54.1 Å². The average Bonchev–Trinajstić information content (AvgIpc) is 2.78. The van der Waals surface area contributed by atoms with Gasteiger partial charge >= 0.3 is 0 Å². The Morgan fingerprint density at radius 3 is 2.19 bits per heavy atom. The molecule has 2 aromatic rings. The van der Waals surface area contributed by atoms with Crippen molar-refractivity contribution in [2.24, 2.45) is 17.8 Å². The zero-order chi connectivity index (χ0) is 23.5. The van der Waals surface area contributed by atoms with Crippen molar-refractivity contribution in [3.8, 4) is 5.75 Å². The molecule has 0 aromatic heterocycles. The molecule has 0 saturated heterocycles. The van der Waals surface area contributed by atoms with Crippen LogP contribution >= 0.6 is 7.37 Å². The molecule has 1 aliphatic carbocycles. The van der Waals surface area contributed by atoms with Gasteiger partial charge in [-0.3, -0.25) is 4.57 Å². The molecule has 0 bridgehead atoms. The summed E-state index contributed by atoms with van der Waals surface area (Å²) in [6.45, 7) is 6.63. The largest absolute Gasteiger partial charge is 0.497 e. The van der Waals surface area contributed by atoms with E-state index in [0.29, 0.717) is 34.4 Å². The summed E-state index contributed by atoms with van der Waals surface area (Å²) in [6, 6.07) is 14.6. The Bertz CT molecular complexity index is 910. The summed E-state index contributed by atoms with van der Waals surface area (Å²) in [6.07, 6.45) is 2.93. The summed E-state index contributed by atoms with van der Waals surface area (Å²) >= 11 is 0. The maximum absolute atomic E-state index is 14.6. The van der Waals surface area contributed by atoms with E-state index in [2.05, 4.69) is 20.8 Å². The molecule has 5 nitrogen and oxygen atoms in total. The van der Waals surface area contributed by atoms with Crippen LogP contribution < -0.4 is 14.9 Å². The first-order valence-corrected chi connectivity index (χ1v) is 13.2. The number of ether oxygens (including phenoxy) is 1. The van der Waals surface area contributed by atoms with Crippen LogP contribution in [0.15, 0.2) is 48.5 Å². The molecule has 176 valence electrons. The summed E-state index contributed by atoms with van der Waals surface area (Å²) in [4.78, 5) is 1.99. The van der Waals surface area contributed by atoms with E-state index >= 15 is 0 Å². The summed E-state index contributed by atoms with van der Waals surface area (Å²) in [7, 11) is 1.90. The Morgan fingerprint density at radius 2 is 1.66 bits per heavy atom. The van der Waals surface area contributed by atoms with Gasteiger partial charge in [-0.1, -0.05) is 39.3 Å². The number of nitrogens with zero attached hydrogens (tertiary/aromatic N) is 1. The highest BCUT2D eigenvalue weighted by atomic mass is 31.2. The SMILES string of the molecule is COc1ccc([C@@H](O)[P@@](=O)(O[C@@H]2C[C@H](C)CC[C@H]2C(C)C)c2ccc(N(C)C)cc2)cc1. The Labute approximate surface area is 193 Å². The molecule has 0 radical (unpaired) electrons. The van der Waals surface area contributed by atoms with Gasteiger partial charge < -0.3 is 19.3 Å². The number of hydrogen-bond acceptors (Lipinski definition) is 5. The molecule has 1 aliphatic rings. The van der Waals surface area contributed by atoms with E-state index < -0.39 is 13.2 Å². The fourth-order valence-corrected chi connectivity index (χ4v) is 6.92. The molecule has 32 heavy (non-hydrogen) atoms. The maximum atomic E-state index is 14.6. The quantitative estimate of drug-likeness (QED) is 0.503. The monoisotopic (exact) mass is 459 g/mol. The van der Waals surface area contributed by atoms with Crippen LogP contribution in [0.5, 0.6) is 5.75 Å². The average molecular weight is 460 g/mol. The molecule has 2 aromatic carbocycles. The lowest BCUT2D eigenvalue weighted by Crippen LogP contribution is -2.35. The normalized spacial score (nSPS) is 24.1. The minimum absolute atomic E-state index is 0.147. The van der Waals surface area contributed by atoms with Crippen molar-refractivity contribution in [1.82, 2.24) is 0 Å². The van der Waals surface area contributed by atoms with Crippen LogP contribution in [-0.4, -0.2) is 32.4 Å². The second-order valence-electron chi connectivity index (χ2n) is 9.62. The lowest BCUT2D eigenvalue weighted by molar-refractivity contribution is 0.0427. The molecule has 0 amide bonds. The molecule has 1 fully saturated rings. The predicted molar refractivity (Wildman–Crippen MR) is 132 cm³/mol. The van der Waals surface area contributed by atoms with Gasteiger partial charge in [0.25, 0.3) is 7.37 Å². The van der Waals surface area contributed by atoms with Gasteiger partial charge in [0.2, 0.25) is 0 Å². The van der Waals surface area contributed by atoms with Crippen molar-refractivity contribution in [1.29, 1.82) is 0 Å². The third-order valence-electron chi connectivity index (χ3n) is 6.72. The molecule has 0 heterocycles. The Balaban J connectivity index is 2.02. The van der Waals surface area contributed by atoms with Crippen molar-refractivity contribution >= 4 is 18.4 Å². The number of methoxy groups -OCH3 is 1. The minimum atomic E-state index is -3.63. The van der Waals surface area contributed by atoms with E-state index in [1.807, 2.05) is 43.3 Å². The van der Waals surface area contributed by atoms with Crippen molar-refractivity contribution in [3.63, 3.8) is 0 Å². The van der Waals surface area contributed by atoms with E-state index in [1.165, 1.54) is 0 Å². The zero-order valence-corrected chi connectivity index (χ0v) is 21.1. The highest BCUT2D eigenvalue weighted by Crippen LogP contribution is 2.60. The molecule has 0 spiro atoms. The van der Waals surface area contributed by atoms with Crippen molar-refractivity contribution in [2.75, 3.05) is 26.1 Å².